The number of phenols is 1. The quantitative estimate of drug-likeness (QED) is 0.222. The molecule has 1 aromatic heterocycles. The zero-order valence-corrected chi connectivity index (χ0v) is 23.0. The van der Waals surface area contributed by atoms with Crippen LogP contribution in [0.15, 0.2) is 83.2 Å². The third-order valence-electron chi connectivity index (χ3n) is 6.35. The standard InChI is InChI=1S/C29H28FN5O4S/c1-4-39-24-15-18(13-14-22(24)36)26-25(27(37)32-21-11-7-8-12-23(21)38-3)17(2)31-28-33-29(34-35(26)28)40-16-19-9-5-6-10-20(19)30/h5-15,26,36H,4,16H2,1-3H3,(H,32,37)(H,31,33,34). The first-order valence-corrected chi connectivity index (χ1v) is 13.6. The molecule has 9 nitrogen and oxygen atoms in total. The highest BCUT2D eigenvalue weighted by molar-refractivity contribution is 7.98. The van der Waals surface area contributed by atoms with Crippen LogP contribution in [0.25, 0.3) is 0 Å². The molecule has 1 unspecified atom stereocenters. The van der Waals surface area contributed by atoms with Crippen molar-refractivity contribution in [3.63, 3.8) is 0 Å². The average Bonchev–Trinajstić information content (AvgIpc) is 3.35. The summed E-state index contributed by atoms with van der Waals surface area (Å²) in [6.07, 6.45) is 0. The number of thioether (sulfide) groups is 1. The van der Waals surface area contributed by atoms with Gasteiger partial charge in [0.1, 0.15) is 17.6 Å². The molecule has 0 aliphatic carbocycles. The first kappa shape index (κ1) is 27.1. The molecule has 0 radical (unpaired) electrons. The van der Waals surface area contributed by atoms with Gasteiger partial charge in [-0.3, -0.25) is 4.79 Å². The SMILES string of the molecule is CCOc1cc(C2C(C(=O)Nc3ccccc3OC)=C(C)Nc3nc(SCc4ccccc4F)nn32)ccc1O. The number of phenolic OH excluding ortho intramolecular Hbond substituents is 1. The van der Waals surface area contributed by atoms with Gasteiger partial charge in [0, 0.05) is 11.4 Å². The number of fused-ring (bicyclic) bond motifs is 1. The molecule has 0 spiro atoms. The minimum atomic E-state index is -0.707. The number of ether oxygens (including phenoxy) is 2. The zero-order valence-electron chi connectivity index (χ0n) is 22.1. The number of carbonyl (C=O) groups excluding carboxylic acids is 1. The van der Waals surface area contributed by atoms with Gasteiger partial charge in [0.15, 0.2) is 11.5 Å². The number of nitrogens with one attached hydrogen (secondary N) is 2. The van der Waals surface area contributed by atoms with E-state index in [1.54, 1.807) is 60.1 Å². The Balaban J connectivity index is 1.54. The van der Waals surface area contributed by atoms with Gasteiger partial charge in [0.2, 0.25) is 11.1 Å². The molecule has 3 aromatic carbocycles. The average molecular weight is 562 g/mol. The van der Waals surface area contributed by atoms with E-state index in [4.69, 9.17) is 14.6 Å². The number of allylic oxidation sites excluding steroid dienone is 1. The van der Waals surface area contributed by atoms with Crippen molar-refractivity contribution in [1.82, 2.24) is 14.8 Å². The van der Waals surface area contributed by atoms with Gasteiger partial charge in [-0.1, -0.05) is 48.2 Å². The number of anilines is 2. The summed E-state index contributed by atoms with van der Waals surface area (Å²) in [5, 5.41) is 21.6. The van der Waals surface area contributed by atoms with Crippen LogP contribution in [0, 0.1) is 5.82 Å². The number of para-hydroxylation sites is 2. The molecule has 0 saturated carbocycles. The fourth-order valence-corrected chi connectivity index (χ4v) is 5.28. The maximum absolute atomic E-state index is 14.2. The smallest absolute Gasteiger partial charge is 0.255 e. The topological polar surface area (TPSA) is 111 Å². The fourth-order valence-electron chi connectivity index (χ4n) is 4.46. The van der Waals surface area contributed by atoms with Crippen molar-refractivity contribution in [3.05, 3.63) is 94.9 Å². The van der Waals surface area contributed by atoms with E-state index in [1.807, 2.05) is 13.0 Å². The molecule has 11 heteroatoms. The summed E-state index contributed by atoms with van der Waals surface area (Å²) in [5.41, 5.74) is 2.68. The van der Waals surface area contributed by atoms with Crippen LogP contribution in [0.4, 0.5) is 16.0 Å². The van der Waals surface area contributed by atoms with Crippen LogP contribution < -0.4 is 20.1 Å². The largest absolute Gasteiger partial charge is 0.504 e. The summed E-state index contributed by atoms with van der Waals surface area (Å²) in [6, 6.07) is 17.9. The fraction of sp³-hybridized carbons (Fsp3) is 0.207. The third-order valence-corrected chi connectivity index (χ3v) is 7.23. The Morgan fingerprint density at radius 2 is 1.93 bits per heavy atom. The number of carbonyl (C=O) groups is 1. The summed E-state index contributed by atoms with van der Waals surface area (Å²) < 4.78 is 26.9. The summed E-state index contributed by atoms with van der Waals surface area (Å²) in [7, 11) is 1.54. The van der Waals surface area contributed by atoms with Crippen LogP contribution in [0.3, 0.4) is 0 Å². The minimum Gasteiger partial charge on any atom is -0.504 e. The first-order valence-electron chi connectivity index (χ1n) is 12.6. The second kappa shape index (κ2) is 11.7. The molecule has 1 atom stereocenters. The second-order valence-corrected chi connectivity index (χ2v) is 9.87. The van der Waals surface area contributed by atoms with Gasteiger partial charge in [-0.25, -0.2) is 9.07 Å². The van der Waals surface area contributed by atoms with E-state index in [0.717, 1.165) is 0 Å². The third kappa shape index (κ3) is 5.46. The highest BCUT2D eigenvalue weighted by Crippen LogP contribution is 2.40. The van der Waals surface area contributed by atoms with Crippen molar-refractivity contribution >= 4 is 29.3 Å². The van der Waals surface area contributed by atoms with Gasteiger partial charge in [-0.05, 0) is 55.3 Å². The Morgan fingerprint density at radius 3 is 2.70 bits per heavy atom. The molecular weight excluding hydrogens is 533 g/mol. The second-order valence-electron chi connectivity index (χ2n) is 8.92. The molecule has 1 aliphatic rings. The maximum Gasteiger partial charge on any atom is 0.255 e. The van der Waals surface area contributed by atoms with Gasteiger partial charge in [0.25, 0.3) is 5.91 Å². The van der Waals surface area contributed by atoms with Gasteiger partial charge < -0.3 is 25.2 Å². The number of amides is 1. The predicted octanol–water partition coefficient (Wildman–Crippen LogP) is 5.75. The number of aromatic hydroxyl groups is 1. The number of halogens is 1. The lowest BCUT2D eigenvalue weighted by Gasteiger charge is -2.29. The lowest BCUT2D eigenvalue weighted by Crippen LogP contribution is -2.31. The lowest BCUT2D eigenvalue weighted by molar-refractivity contribution is -0.113. The Hall–Kier alpha value is -4.51. The van der Waals surface area contributed by atoms with Gasteiger partial charge in [-0.15, -0.1) is 5.10 Å². The normalized spacial score (nSPS) is 14.3. The number of benzene rings is 3. The van der Waals surface area contributed by atoms with Crippen molar-refractivity contribution in [3.8, 4) is 17.2 Å². The van der Waals surface area contributed by atoms with Crippen LogP contribution in [0.2, 0.25) is 0 Å². The molecule has 2 heterocycles. The number of hydrogen-bond acceptors (Lipinski definition) is 8. The lowest BCUT2D eigenvalue weighted by atomic mass is 9.94. The van der Waals surface area contributed by atoms with Crippen LogP contribution in [-0.2, 0) is 10.5 Å². The molecule has 0 fully saturated rings. The van der Waals surface area contributed by atoms with Crippen LogP contribution in [-0.4, -0.2) is 39.5 Å². The van der Waals surface area contributed by atoms with Gasteiger partial charge in [-0.2, -0.15) is 4.98 Å². The Labute approximate surface area is 235 Å². The van der Waals surface area contributed by atoms with E-state index in [1.165, 1.54) is 31.0 Å². The van der Waals surface area contributed by atoms with E-state index in [0.29, 0.717) is 57.3 Å². The van der Waals surface area contributed by atoms with Crippen molar-refractivity contribution in [2.24, 2.45) is 0 Å². The van der Waals surface area contributed by atoms with E-state index < -0.39 is 6.04 Å². The summed E-state index contributed by atoms with van der Waals surface area (Å²) >= 11 is 1.29. The predicted molar refractivity (Wildman–Crippen MR) is 151 cm³/mol. The first-order chi connectivity index (χ1) is 19.4. The van der Waals surface area contributed by atoms with E-state index in [2.05, 4.69) is 15.6 Å². The summed E-state index contributed by atoms with van der Waals surface area (Å²) in [5.74, 6) is 0.894. The minimum absolute atomic E-state index is 0.0137. The monoisotopic (exact) mass is 561 g/mol. The molecule has 206 valence electrons. The number of aromatic nitrogens is 3. The number of nitrogens with zero attached hydrogens (tertiary/aromatic N) is 3. The molecule has 1 aliphatic heterocycles. The molecule has 4 aromatic rings. The van der Waals surface area contributed by atoms with Crippen LogP contribution in [0.1, 0.15) is 31.0 Å². The van der Waals surface area contributed by atoms with E-state index >= 15 is 0 Å². The van der Waals surface area contributed by atoms with Crippen LogP contribution >= 0.6 is 11.8 Å². The van der Waals surface area contributed by atoms with Crippen molar-refractivity contribution in [2.45, 2.75) is 30.8 Å². The molecule has 5 rings (SSSR count). The highest BCUT2D eigenvalue weighted by atomic mass is 32.2. The van der Waals surface area contributed by atoms with E-state index in [9.17, 15) is 14.3 Å². The van der Waals surface area contributed by atoms with Crippen LogP contribution in [0.5, 0.6) is 17.2 Å². The molecule has 0 saturated heterocycles. The zero-order chi connectivity index (χ0) is 28.2. The number of methoxy groups -OCH3 is 1. The van der Waals surface area contributed by atoms with E-state index in [-0.39, 0.29) is 23.2 Å². The maximum atomic E-state index is 14.2. The van der Waals surface area contributed by atoms with Gasteiger partial charge in [0.05, 0.1) is 25.0 Å². The van der Waals surface area contributed by atoms with Gasteiger partial charge >= 0.3 is 0 Å². The molecule has 1 amide bonds. The van der Waals surface area contributed by atoms with Crippen molar-refractivity contribution in [1.29, 1.82) is 0 Å². The van der Waals surface area contributed by atoms with Crippen molar-refractivity contribution < 1.29 is 23.8 Å². The molecule has 40 heavy (non-hydrogen) atoms. The Kier molecular flexibility index (Phi) is 7.92. The molecule has 3 N–H and O–H groups in total. The Bertz CT molecular complexity index is 1590. The summed E-state index contributed by atoms with van der Waals surface area (Å²) in [6.45, 7) is 3.96. The molecule has 0 bridgehead atoms. The number of rotatable bonds is 9. The number of hydrogen-bond donors (Lipinski definition) is 3. The van der Waals surface area contributed by atoms with Crippen molar-refractivity contribution in [2.75, 3.05) is 24.4 Å². The highest BCUT2D eigenvalue weighted by Gasteiger charge is 2.35. The molecular formula is C29H28FN5O4S. The summed E-state index contributed by atoms with van der Waals surface area (Å²) in [4.78, 5) is 18.4. The Morgan fingerprint density at radius 1 is 1.15 bits per heavy atom.